The molecule has 0 aliphatic carbocycles. The van der Waals surface area contributed by atoms with Crippen LogP contribution in [0.5, 0.6) is 11.5 Å². The molecule has 1 aromatic rings. The molecular weight excluding hydrogens is 350 g/mol. The molecule has 1 saturated heterocycles. The Labute approximate surface area is 158 Å². The zero-order chi connectivity index (χ0) is 19.4. The fraction of sp³-hybridized carbons (Fsp3) is 0.474. The highest BCUT2D eigenvalue weighted by Crippen LogP contribution is 2.34. The first kappa shape index (κ1) is 19.0. The molecule has 1 fully saturated rings. The highest BCUT2D eigenvalue weighted by molar-refractivity contribution is 5.95. The van der Waals surface area contributed by atoms with Crippen LogP contribution in [0.2, 0.25) is 0 Å². The van der Waals surface area contributed by atoms with Crippen molar-refractivity contribution in [3.05, 3.63) is 35.0 Å². The Hall–Kier alpha value is -2.74. The largest absolute Gasteiger partial charge is 0.504 e. The molecule has 2 aliphatic heterocycles. The maximum Gasteiger partial charge on any atom is 0.338 e. The van der Waals surface area contributed by atoms with Crippen LogP contribution in [0.4, 0.5) is 4.79 Å². The first-order valence-electron chi connectivity index (χ1n) is 9.10. The van der Waals surface area contributed by atoms with E-state index >= 15 is 0 Å². The number of likely N-dealkylation sites (tertiary alicyclic amines) is 1. The van der Waals surface area contributed by atoms with Crippen molar-refractivity contribution in [2.75, 3.05) is 33.4 Å². The quantitative estimate of drug-likeness (QED) is 0.654. The average molecular weight is 375 g/mol. The van der Waals surface area contributed by atoms with Crippen LogP contribution >= 0.6 is 0 Å². The van der Waals surface area contributed by atoms with Gasteiger partial charge in [0.05, 0.1) is 25.3 Å². The number of esters is 1. The summed E-state index contributed by atoms with van der Waals surface area (Å²) in [5, 5.41) is 15.5. The maximum absolute atomic E-state index is 12.5. The molecular formula is C19H25N3O5. The fourth-order valence-electron chi connectivity index (χ4n) is 3.49. The summed E-state index contributed by atoms with van der Waals surface area (Å²) >= 11 is 0. The number of phenolic OH excluding ortho intramolecular Hbond substituents is 1. The molecule has 3 N–H and O–H groups in total. The van der Waals surface area contributed by atoms with Crippen molar-refractivity contribution in [1.29, 1.82) is 0 Å². The Morgan fingerprint density at radius 1 is 1.33 bits per heavy atom. The third-order valence-corrected chi connectivity index (χ3v) is 4.76. The molecule has 0 bridgehead atoms. The number of aromatic hydroxyl groups is 1. The molecule has 2 aliphatic rings. The highest BCUT2D eigenvalue weighted by atomic mass is 16.5. The van der Waals surface area contributed by atoms with E-state index in [2.05, 4.69) is 15.5 Å². The molecule has 8 nitrogen and oxygen atoms in total. The molecule has 146 valence electrons. The predicted octanol–water partition coefficient (Wildman–Crippen LogP) is 1.67. The van der Waals surface area contributed by atoms with Crippen molar-refractivity contribution >= 4 is 12.0 Å². The average Bonchev–Trinajstić information content (AvgIpc) is 3.15. The zero-order valence-electron chi connectivity index (χ0n) is 15.6. The monoisotopic (exact) mass is 375 g/mol. The van der Waals surface area contributed by atoms with Crippen LogP contribution in [0.25, 0.3) is 0 Å². The molecule has 0 aromatic heterocycles. The van der Waals surface area contributed by atoms with E-state index in [-0.39, 0.29) is 11.8 Å². The Morgan fingerprint density at radius 2 is 2.07 bits per heavy atom. The van der Waals surface area contributed by atoms with Gasteiger partial charge in [-0.15, -0.1) is 0 Å². The van der Waals surface area contributed by atoms with Crippen molar-refractivity contribution in [2.45, 2.75) is 25.8 Å². The third kappa shape index (κ3) is 4.16. The molecule has 0 spiro atoms. The van der Waals surface area contributed by atoms with E-state index in [0.29, 0.717) is 35.7 Å². The maximum atomic E-state index is 12.5. The van der Waals surface area contributed by atoms with Crippen LogP contribution in [-0.4, -0.2) is 55.4 Å². The van der Waals surface area contributed by atoms with E-state index in [1.54, 1.807) is 12.1 Å². The number of ether oxygens (including phenoxy) is 2. The normalized spacial score (nSPS) is 20.2. The molecule has 0 unspecified atom stereocenters. The standard InChI is InChI=1S/C19H25N3O5/c1-3-27-15-10-12(6-7-14(15)23)17-16(18(24)26-2)13(20-19(25)21-17)11-22-8-4-5-9-22/h6-7,10,17,23H,3-5,8-9,11H2,1-2H3,(H2,20,21,25)/t17-/m1/s1. The number of carbonyl (C=O) groups is 2. The number of methoxy groups -OCH3 is 1. The summed E-state index contributed by atoms with van der Waals surface area (Å²) in [7, 11) is 1.32. The Kier molecular flexibility index (Phi) is 5.85. The van der Waals surface area contributed by atoms with E-state index in [1.165, 1.54) is 13.2 Å². The number of hydrogen-bond acceptors (Lipinski definition) is 6. The van der Waals surface area contributed by atoms with Crippen LogP contribution in [-0.2, 0) is 9.53 Å². The van der Waals surface area contributed by atoms with Gasteiger partial charge in [0, 0.05) is 12.2 Å². The van der Waals surface area contributed by atoms with Crippen LogP contribution in [0, 0.1) is 0 Å². The molecule has 8 heteroatoms. The number of rotatable bonds is 6. The SMILES string of the molecule is CCOc1cc([C@H]2NC(=O)NC(CN3CCCC3)=C2C(=O)OC)ccc1O. The summed E-state index contributed by atoms with van der Waals surface area (Å²) in [5.74, 6) is -0.206. The molecule has 3 rings (SSSR count). The first-order chi connectivity index (χ1) is 13.0. The number of nitrogens with one attached hydrogen (secondary N) is 2. The number of carbonyl (C=O) groups excluding carboxylic acids is 2. The second-order valence-corrected chi connectivity index (χ2v) is 6.56. The van der Waals surface area contributed by atoms with Crippen molar-refractivity contribution in [1.82, 2.24) is 15.5 Å². The van der Waals surface area contributed by atoms with Crippen LogP contribution < -0.4 is 15.4 Å². The lowest BCUT2D eigenvalue weighted by atomic mass is 9.94. The summed E-state index contributed by atoms with van der Waals surface area (Å²) < 4.78 is 10.4. The molecule has 1 atom stereocenters. The fourth-order valence-corrected chi connectivity index (χ4v) is 3.49. The third-order valence-electron chi connectivity index (χ3n) is 4.76. The second kappa shape index (κ2) is 8.30. The van der Waals surface area contributed by atoms with E-state index in [1.807, 2.05) is 6.92 Å². The predicted molar refractivity (Wildman–Crippen MR) is 98.4 cm³/mol. The lowest BCUT2D eigenvalue weighted by molar-refractivity contribution is -0.136. The van der Waals surface area contributed by atoms with Gasteiger partial charge in [0.1, 0.15) is 0 Å². The summed E-state index contributed by atoms with van der Waals surface area (Å²) in [5.41, 5.74) is 1.53. The Morgan fingerprint density at radius 3 is 2.74 bits per heavy atom. The molecule has 0 radical (unpaired) electrons. The lowest BCUT2D eigenvalue weighted by Gasteiger charge is -2.31. The summed E-state index contributed by atoms with van der Waals surface area (Å²) in [6.07, 6.45) is 2.21. The van der Waals surface area contributed by atoms with Crippen molar-refractivity contribution < 1.29 is 24.2 Å². The topological polar surface area (TPSA) is 100 Å². The van der Waals surface area contributed by atoms with Crippen molar-refractivity contribution in [2.24, 2.45) is 0 Å². The molecule has 2 heterocycles. The number of benzene rings is 1. The van der Waals surface area contributed by atoms with Gasteiger partial charge in [0.2, 0.25) is 0 Å². The van der Waals surface area contributed by atoms with Gasteiger partial charge >= 0.3 is 12.0 Å². The molecule has 0 saturated carbocycles. The number of hydrogen-bond donors (Lipinski definition) is 3. The van der Waals surface area contributed by atoms with E-state index in [4.69, 9.17) is 9.47 Å². The van der Waals surface area contributed by atoms with E-state index in [9.17, 15) is 14.7 Å². The van der Waals surface area contributed by atoms with E-state index in [0.717, 1.165) is 25.9 Å². The van der Waals surface area contributed by atoms with Gasteiger partial charge in [-0.1, -0.05) is 6.07 Å². The minimum atomic E-state index is -0.691. The van der Waals surface area contributed by atoms with Gasteiger partial charge < -0.3 is 25.2 Å². The van der Waals surface area contributed by atoms with Gasteiger partial charge in [-0.25, -0.2) is 9.59 Å². The van der Waals surface area contributed by atoms with Gasteiger partial charge in [0.25, 0.3) is 0 Å². The first-order valence-corrected chi connectivity index (χ1v) is 9.10. The smallest absolute Gasteiger partial charge is 0.338 e. The summed E-state index contributed by atoms with van der Waals surface area (Å²) in [6.45, 7) is 4.53. The highest BCUT2D eigenvalue weighted by Gasteiger charge is 2.34. The number of nitrogens with zero attached hydrogens (tertiary/aromatic N) is 1. The molecule has 2 amide bonds. The molecule has 27 heavy (non-hydrogen) atoms. The molecule has 1 aromatic carbocycles. The van der Waals surface area contributed by atoms with Crippen molar-refractivity contribution in [3.8, 4) is 11.5 Å². The number of amides is 2. The van der Waals surface area contributed by atoms with Crippen LogP contribution in [0.1, 0.15) is 31.4 Å². The summed E-state index contributed by atoms with van der Waals surface area (Å²) in [6, 6.07) is 3.70. The Balaban J connectivity index is 2.01. The van der Waals surface area contributed by atoms with Gasteiger partial charge in [-0.2, -0.15) is 0 Å². The van der Waals surface area contributed by atoms with Crippen LogP contribution in [0.15, 0.2) is 29.5 Å². The van der Waals surface area contributed by atoms with Crippen LogP contribution in [0.3, 0.4) is 0 Å². The Bertz CT molecular complexity index is 756. The number of urea groups is 1. The van der Waals surface area contributed by atoms with Crippen molar-refractivity contribution in [3.63, 3.8) is 0 Å². The van der Waals surface area contributed by atoms with Gasteiger partial charge in [-0.05, 0) is 50.6 Å². The minimum absolute atomic E-state index is 0.00162. The van der Waals surface area contributed by atoms with Gasteiger partial charge in [-0.3, -0.25) is 4.90 Å². The number of phenols is 1. The summed E-state index contributed by atoms with van der Waals surface area (Å²) in [4.78, 5) is 27.0. The second-order valence-electron chi connectivity index (χ2n) is 6.56. The zero-order valence-corrected chi connectivity index (χ0v) is 15.6. The lowest BCUT2D eigenvalue weighted by Crippen LogP contribution is -2.48. The minimum Gasteiger partial charge on any atom is -0.504 e. The van der Waals surface area contributed by atoms with E-state index < -0.39 is 12.0 Å². The van der Waals surface area contributed by atoms with Gasteiger partial charge in [0.15, 0.2) is 11.5 Å².